The number of hydrogen-bond donors (Lipinski definition) is 1. The van der Waals surface area contributed by atoms with Gasteiger partial charge in [0.2, 0.25) is 11.0 Å². The first-order valence-electron chi connectivity index (χ1n) is 8.59. The summed E-state index contributed by atoms with van der Waals surface area (Å²) in [5, 5.41) is 11.7. The number of hydrogen-bond acceptors (Lipinski definition) is 8. The van der Waals surface area contributed by atoms with E-state index in [1.807, 2.05) is 12.1 Å². The predicted molar refractivity (Wildman–Crippen MR) is 110 cm³/mol. The fraction of sp³-hybridized carbons (Fsp3) is 0.278. The van der Waals surface area contributed by atoms with Crippen LogP contribution in [0.1, 0.15) is 16.7 Å². The fourth-order valence-electron chi connectivity index (χ4n) is 2.78. The van der Waals surface area contributed by atoms with Crippen molar-refractivity contribution < 1.29 is 13.6 Å². The van der Waals surface area contributed by atoms with Gasteiger partial charge in [-0.3, -0.25) is 4.79 Å². The highest BCUT2D eigenvalue weighted by Crippen LogP contribution is 2.39. The van der Waals surface area contributed by atoms with Crippen molar-refractivity contribution in [3.8, 4) is 0 Å². The topological polar surface area (TPSA) is 71.3 Å². The van der Waals surface area contributed by atoms with Crippen LogP contribution in [0.25, 0.3) is 0 Å². The van der Waals surface area contributed by atoms with Gasteiger partial charge in [-0.1, -0.05) is 41.3 Å². The van der Waals surface area contributed by atoms with Gasteiger partial charge in [-0.15, -0.1) is 22.0 Å². The molecule has 1 unspecified atom stereocenters. The summed E-state index contributed by atoms with van der Waals surface area (Å²) in [7, 11) is 0. The molecule has 1 atom stereocenters. The summed E-state index contributed by atoms with van der Waals surface area (Å²) in [4.78, 5) is 14.4. The highest BCUT2D eigenvalue weighted by atomic mass is 32.2. The standard InChI is InChI=1S/C18H17FN4O2S3/c19-14-6-2-1-5-13(14)16-23(7-9-26-16)15(24)11-27-18-22-21-17(28-18)20-10-12-4-3-8-25-12/h1-6,8,16H,7,9-11H2,(H,20,21). The summed E-state index contributed by atoms with van der Waals surface area (Å²) in [6.07, 6.45) is 1.62. The normalized spacial score (nSPS) is 16.5. The number of amides is 1. The molecule has 1 aliphatic heterocycles. The maximum atomic E-state index is 14.1. The van der Waals surface area contributed by atoms with Crippen LogP contribution in [0.2, 0.25) is 0 Å². The molecule has 3 heterocycles. The summed E-state index contributed by atoms with van der Waals surface area (Å²) in [5.74, 6) is 1.56. The third-order valence-corrected chi connectivity index (χ3v) is 7.34. The van der Waals surface area contributed by atoms with E-state index in [0.717, 1.165) is 11.5 Å². The number of carbonyl (C=O) groups excluding carboxylic acids is 1. The molecule has 1 saturated heterocycles. The average molecular weight is 437 g/mol. The van der Waals surface area contributed by atoms with Crippen molar-refractivity contribution in [2.24, 2.45) is 0 Å². The highest BCUT2D eigenvalue weighted by Gasteiger charge is 2.32. The third-order valence-electron chi connectivity index (χ3n) is 4.10. The van der Waals surface area contributed by atoms with E-state index in [0.29, 0.717) is 28.1 Å². The number of anilines is 1. The number of rotatable bonds is 7. The summed E-state index contributed by atoms with van der Waals surface area (Å²) < 4.78 is 20.1. The second-order valence-electron chi connectivity index (χ2n) is 5.93. The van der Waals surface area contributed by atoms with E-state index in [4.69, 9.17) is 4.42 Å². The van der Waals surface area contributed by atoms with E-state index in [1.165, 1.54) is 29.2 Å². The maximum absolute atomic E-state index is 14.1. The molecule has 1 aliphatic rings. The number of furan rings is 1. The largest absolute Gasteiger partial charge is 0.467 e. The molecule has 6 nitrogen and oxygen atoms in total. The minimum atomic E-state index is -0.274. The van der Waals surface area contributed by atoms with E-state index in [2.05, 4.69) is 15.5 Å². The zero-order chi connectivity index (χ0) is 19.3. The SMILES string of the molecule is O=C(CSc1nnc(NCc2ccco2)s1)N1CCSC1c1ccccc1F. The highest BCUT2D eigenvalue weighted by molar-refractivity contribution is 8.01. The van der Waals surface area contributed by atoms with Crippen molar-refractivity contribution in [1.29, 1.82) is 0 Å². The summed E-state index contributed by atoms with van der Waals surface area (Å²) in [6.45, 7) is 1.15. The van der Waals surface area contributed by atoms with Gasteiger partial charge in [0.15, 0.2) is 4.34 Å². The van der Waals surface area contributed by atoms with Gasteiger partial charge in [0, 0.05) is 17.9 Å². The molecule has 146 valence electrons. The number of carbonyl (C=O) groups is 1. The zero-order valence-electron chi connectivity index (χ0n) is 14.7. The minimum Gasteiger partial charge on any atom is -0.467 e. The predicted octanol–water partition coefficient (Wildman–Crippen LogP) is 4.25. The van der Waals surface area contributed by atoms with Crippen LogP contribution in [0.3, 0.4) is 0 Å². The minimum absolute atomic E-state index is 0.0245. The molecule has 0 radical (unpaired) electrons. The number of nitrogens with zero attached hydrogens (tertiary/aromatic N) is 3. The van der Waals surface area contributed by atoms with Crippen LogP contribution in [-0.4, -0.2) is 39.1 Å². The Morgan fingerprint density at radius 3 is 3.04 bits per heavy atom. The number of aromatic nitrogens is 2. The van der Waals surface area contributed by atoms with E-state index in [9.17, 15) is 9.18 Å². The number of halogens is 1. The molecular weight excluding hydrogens is 419 g/mol. The fourth-order valence-corrected chi connectivity index (χ4v) is 5.71. The summed E-state index contributed by atoms with van der Waals surface area (Å²) in [5.41, 5.74) is 0.559. The first-order chi connectivity index (χ1) is 13.7. The van der Waals surface area contributed by atoms with Crippen LogP contribution in [0.15, 0.2) is 51.4 Å². The lowest BCUT2D eigenvalue weighted by Crippen LogP contribution is -2.32. The number of thioether (sulfide) groups is 2. The van der Waals surface area contributed by atoms with Gasteiger partial charge in [-0.05, 0) is 18.2 Å². The van der Waals surface area contributed by atoms with Gasteiger partial charge in [0.05, 0.1) is 18.6 Å². The van der Waals surface area contributed by atoms with E-state index < -0.39 is 0 Å². The molecule has 1 amide bonds. The van der Waals surface area contributed by atoms with Gasteiger partial charge in [0.25, 0.3) is 0 Å². The van der Waals surface area contributed by atoms with E-state index >= 15 is 0 Å². The van der Waals surface area contributed by atoms with Crippen LogP contribution in [0.4, 0.5) is 9.52 Å². The van der Waals surface area contributed by atoms with Crippen molar-refractivity contribution >= 4 is 45.9 Å². The monoisotopic (exact) mass is 436 g/mol. The molecule has 0 spiro atoms. The van der Waals surface area contributed by atoms with Crippen LogP contribution in [-0.2, 0) is 11.3 Å². The Morgan fingerprint density at radius 1 is 1.32 bits per heavy atom. The molecule has 3 aromatic rings. The van der Waals surface area contributed by atoms with E-state index in [1.54, 1.807) is 41.1 Å². The smallest absolute Gasteiger partial charge is 0.234 e. The molecular formula is C18H17FN4O2S3. The lowest BCUT2D eigenvalue weighted by molar-refractivity contribution is -0.128. The van der Waals surface area contributed by atoms with E-state index in [-0.39, 0.29) is 22.9 Å². The Hall–Kier alpha value is -2.04. The Labute approximate surface area is 173 Å². The number of benzene rings is 1. The van der Waals surface area contributed by atoms with Crippen molar-refractivity contribution in [3.05, 3.63) is 59.8 Å². The molecule has 10 heteroatoms. The second-order valence-corrected chi connectivity index (χ2v) is 9.31. The van der Waals surface area contributed by atoms with Gasteiger partial charge >= 0.3 is 0 Å². The number of nitrogens with one attached hydrogen (secondary N) is 1. The van der Waals surface area contributed by atoms with Crippen molar-refractivity contribution in [2.45, 2.75) is 16.3 Å². The van der Waals surface area contributed by atoms with Crippen molar-refractivity contribution in [1.82, 2.24) is 15.1 Å². The molecule has 1 aromatic carbocycles. The molecule has 2 aromatic heterocycles. The zero-order valence-corrected chi connectivity index (χ0v) is 17.2. The molecule has 28 heavy (non-hydrogen) atoms. The Balaban J connectivity index is 1.32. The van der Waals surface area contributed by atoms with Gasteiger partial charge in [-0.2, -0.15) is 0 Å². The first-order valence-corrected chi connectivity index (χ1v) is 11.4. The molecule has 4 rings (SSSR count). The lowest BCUT2D eigenvalue weighted by atomic mass is 10.2. The summed E-state index contributed by atoms with van der Waals surface area (Å²) in [6, 6.07) is 10.3. The molecule has 1 fully saturated rings. The summed E-state index contributed by atoms with van der Waals surface area (Å²) >= 11 is 4.33. The Bertz CT molecular complexity index is 935. The van der Waals surface area contributed by atoms with Gasteiger partial charge in [0.1, 0.15) is 17.0 Å². The quantitative estimate of drug-likeness (QED) is 0.555. The Kier molecular flexibility index (Phi) is 6.18. The van der Waals surface area contributed by atoms with Crippen molar-refractivity contribution in [3.63, 3.8) is 0 Å². The van der Waals surface area contributed by atoms with Crippen LogP contribution in [0, 0.1) is 5.82 Å². The Morgan fingerprint density at radius 2 is 2.21 bits per heavy atom. The third kappa shape index (κ3) is 4.50. The maximum Gasteiger partial charge on any atom is 0.234 e. The van der Waals surface area contributed by atoms with Gasteiger partial charge < -0.3 is 14.6 Å². The average Bonchev–Trinajstić information content (AvgIpc) is 3.46. The second kappa shape index (κ2) is 8.97. The van der Waals surface area contributed by atoms with Crippen LogP contribution >= 0.6 is 34.9 Å². The van der Waals surface area contributed by atoms with Crippen molar-refractivity contribution in [2.75, 3.05) is 23.4 Å². The van der Waals surface area contributed by atoms with Crippen LogP contribution < -0.4 is 5.32 Å². The lowest BCUT2D eigenvalue weighted by Gasteiger charge is -2.24. The molecule has 0 aliphatic carbocycles. The molecule has 0 saturated carbocycles. The van der Waals surface area contributed by atoms with Crippen LogP contribution in [0.5, 0.6) is 0 Å². The van der Waals surface area contributed by atoms with Gasteiger partial charge in [-0.25, -0.2) is 4.39 Å². The molecule has 0 bridgehead atoms. The molecule has 1 N–H and O–H groups in total. The first kappa shape index (κ1) is 19.3.